The number of aromatic nitrogens is 3. The molecule has 0 radical (unpaired) electrons. The van der Waals surface area contributed by atoms with Crippen LogP contribution in [0.25, 0.3) is 21.9 Å². The van der Waals surface area contributed by atoms with Gasteiger partial charge in [-0.2, -0.15) is 5.26 Å². The molecule has 0 aliphatic rings. The first-order valence-electron chi connectivity index (χ1n) is 8.10. The van der Waals surface area contributed by atoms with Crippen molar-refractivity contribution in [1.29, 1.82) is 5.26 Å². The van der Waals surface area contributed by atoms with E-state index >= 15 is 0 Å². The Kier molecular flexibility index (Phi) is 4.11. The minimum atomic E-state index is 0.528. The highest BCUT2D eigenvalue weighted by atomic mass is 16.5. The van der Waals surface area contributed by atoms with Crippen LogP contribution in [0, 0.1) is 11.3 Å². The van der Waals surface area contributed by atoms with Gasteiger partial charge in [-0.15, -0.1) is 0 Å². The Bertz CT molecular complexity index is 1060. The van der Waals surface area contributed by atoms with Gasteiger partial charge in [0.1, 0.15) is 5.52 Å². The molecule has 0 fully saturated rings. The van der Waals surface area contributed by atoms with Crippen LogP contribution in [0.3, 0.4) is 0 Å². The molecule has 0 bridgehead atoms. The van der Waals surface area contributed by atoms with E-state index in [-0.39, 0.29) is 0 Å². The fourth-order valence-corrected chi connectivity index (χ4v) is 2.90. The second-order valence-electron chi connectivity index (χ2n) is 5.81. The monoisotopic (exact) mass is 328 g/mol. The van der Waals surface area contributed by atoms with Crippen LogP contribution in [0.1, 0.15) is 11.1 Å². The van der Waals surface area contributed by atoms with Crippen molar-refractivity contribution in [2.24, 2.45) is 0 Å². The molecule has 0 saturated carbocycles. The molecule has 5 heteroatoms. The summed E-state index contributed by atoms with van der Waals surface area (Å²) in [7, 11) is 0. The molecule has 5 nitrogen and oxygen atoms in total. The fraction of sp³-hybridized carbons (Fsp3) is 0.150. The van der Waals surface area contributed by atoms with Crippen molar-refractivity contribution in [2.45, 2.75) is 13.2 Å². The third kappa shape index (κ3) is 3.08. The predicted molar refractivity (Wildman–Crippen MR) is 95.8 cm³/mol. The van der Waals surface area contributed by atoms with Gasteiger partial charge in [-0.3, -0.25) is 4.98 Å². The summed E-state index contributed by atoms with van der Waals surface area (Å²) in [6.07, 6.45) is 3.65. The van der Waals surface area contributed by atoms with Gasteiger partial charge >= 0.3 is 0 Å². The molecular formula is C20H16N4O. The number of fused-ring (bicyclic) bond motifs is 3. The Morgan fingerprint density at radius 1 is 1.00 bits per heavy atom. The molecule has 2 heterocycles. The van der Waals surface area contributed by atoms with Crippen LogP contribution in [0.4, 0.5) is 0 Å². The number of hydrogen-bond donors (Lipinski definition) is 0. The number of pyridine rings is 1. The second kappa shape index (κ2) is 6.71. The van der Waals surface area contributed by atoms with Crippen LogP contribution in [0.2, 0.25) is 0 Å². The van der Waals surface area contributed by atoms with Gasteiger partial charge in [0.2, 0.25) is 0 Å². The Hall–Kier alpha value is -3.23. The summed E-state index contributed by atoms with van der Waals surface area (Å²) >= 11 is 0. The first kappa shape index (κ1) is 15.3. The summed E-state index contributed by atoms with van der Waals surface area (Å²) in [5, 5.41) is 9.92. The maximum atomic E-state index is 8.82. The largest absolute Gasteiger partial charge is 0.375 e. The number of nitrogens with zero attached hydrogens (tertiary/aromatic N) is 4. The number of imidazole rings is 1. The predicted octanol–water partition coefficient (Wildman–Crippen LogP) is 3.67. The summed E-state index contributed by atoms with van der Waals surface area (Å²) in [6, 6.07) is 17.7. The zero-order valence-corrected chi connectivity index (χ0v) is 13.6. The van der Waals surface area contributed by atoms with E-state index in [0.717, 1.165) is 34.0 Å². The van der Waals surface area contributed by atoms with Gasteiger partial charge in [0.25, 0.3) is 0 Å². The lowest BCUT2D eigenvalue weighted by Crippen LogP contribution is -2.05. The molecule has 0 atom stereocenters. The minimum Gasteiger partial charge on any atom is -0.375 e. The SMILES string of the molecule is N#Cc1ccc(COCCn2cnc3cnc4ccccc4c32)cc1. The van der Waals surface area contributed by atoms with E-state index in [9.17, 15) is 0 Å². The molecule has 122 valence electrons. The number of ether oxygens (including phenoxy) is 1. The molecule has 0 aliphatic heterocycles. The summed E-state index contributed by atoms with van der Waals surface area (Å²) in [6.45, 7) is 1.84. The molecule has 25 heavy (non-hydrogen) atoms. The van der Waals surface area contributed by atoms with Crippen LogP contribution in [-0.2, 0) is 17.9 Å². The van der Waals surface area contributed by atoms with E-state index in [1.54, 1.807) is 12.1 Å². The summed E-state index contributed by atoms with van der Waals surface area (Å²) < 4.78 is 7.89. The molecule has 4 rings (SSSR count). The van der Waals surface area contributed by atoms with E-state index in [0.29, 0.717) is 18.8 Å². The number of nitriles is 1. The minimum absolute atomic E-state index is 0.528. The van der Waals surface area contributed by atoms with Gasteiger partial charge in [0.15, 0.2) is 0 Å². The topological polar surface area (TPSA) is 63.7 Å². The highest BCUT2D eigenvalue weighted by molar-refractivity contribution is 6.01. The number of rotatable bonds is 5. The molecule has 2 aromatic heterocycles. The molecule has 0 N–H and O–H groups in total. The molecule has 2 aromatic carbocycles. The van der Waals surface area contributed by atoms with Crippen molar-refractivity contribution in [3.8, 4) is 6.07 Å². The maximum absolute atomic E-state index is 8.82. The van der Waals surface area contributed by atoms with Crippen LogP contribution in [-0.4, -0.2) is 21.1 Å². The Morgan fingerprint density at radius 3 is 2.68 bits per heavy atom. The third-order valence-corrected chi connectivity index (χ3v) is 4.18. The van der Waals surface area contributed by atoms with Crippen LogP contribution >= 0.6 is 0 Å². The number of hydrogen-bond acceptors (Lipinski definition) is 4. The van der Waals surface area contributed by atoms with Crippen LogP contribution in [0.5, 0.6) is 0 Å². The molecule has 0 aliphatic carbocycles. The van der Waals surface area contributed by atoms with Crippen LogP contribution in [0.15, 0.2) is 61.1 Å². The molecule has 0 spiro atoms. The smallest absolute Gasteiger partial charge is 0.107 e. The van der Waals surface area contributed by atoms with E-state index in [4.69, 9.17) is 10.00 Å². The Morgan fingerprint density at radius 2 is 1.84 bits per heavy atom. The van der Waals surface area contributed by atoms with E-state index in [1.165, 1.54) is 0 Å². The lowest BCUT2D eigenvalue weighted by atomic mass is 10.2. The summed E-state index contributed by atoms with van der Waals surface area (Å²) in [5.74, 6) is 0. The highest BCUT2D eigenvalue weighted by Gasteiger charge is 2.07. The van der Waals surface area contributed by atoms with Gasteiger partial charge in [-0.25, -0.2) is 4.98 Å². The van der Waals surface area contributed by atoms with Crippen molar-refractivity contribution in [3.63, 3.8) is 0 Å². The van der Waals surface area contributed by atoms with Gasteiger partial charge < -0.3 is 9.30 Å². The Labute approximate surface area is 145 Å². The molecular weight excluding hydrogens is 312 g/mol. The average Bonchev–Trinajstić information content (AvgIpc) is 3.09. The van der Waals surface area contributed by atoms with Crippen LogP contribution < -0.4 is 0 Å². The highest BCUT2D eigenvalue weighted by Crippen LogP contribution is 2.22. The lowest BCUT2D eigenvalue weighted by Gasteiger charge is -2.08. The summed E-state index contributed by atoms with van der Waals surface area (Å²) in [5.41, 5.74) is 4.67. The fourth-order valence-electron chi connectivity index (χ4n) is 2.90. The van der Waals surface area contributed by atoms with Crippen molar-refractivity contribution < 1.29 is 4.74 Å². The molecule has 0 unspecified atom stereocenters. The van der Waals surface area contributed by atoms with Gasteiger partial charge in [0, 0.05) is 11.9 Å². The zero-order valence-electron chi connectivity index (χ0n) is 13.6. The number of benzene rings is 2. The van der Waals surface area contributed by atoms with Crippen molar-refractivity contribution in [2.75, 3.05) is 6.61 Å². The zero-order chi connectivity index (χ0) is 17.1. The Balaban J connectivity index is 1.46. The average molecular weight is 328 g/mol. The molecule has 0 saturated heterocycles. The van der Waals surface area contributed by atoms with E-state index < -0.39 is 0 Å². The van der Waals surface area contributed by atoms with Gasteiger partial charge in [-0.05, 0) is 23.8 Å². The van der Waals surface area contributed by atoms with Crippen molar-refractivity contribution >= 4 is 21.9 Å². The maximum Gasteiger partial charge on any atom is 0.107 e. The molecule has 4 aromatic rings. The third-order valence-electron chi connectivity index (χ3n) is 4.18. The lowest BCUT2D eigenvalue weighted by molar-refractivity contribution is 0.114. The normalized spacial score (nSPS) is 11.0. The van der Waals surface area contributed by atoms with Crippen molar-refractivity contribution in [3.05, 3.63) is 72.2 Å². The first-order valence-corrected chi connectivity index (χ1v) is 8.10. The summed E-state index contributed by atoms with van der Waals surface area (Å²) in [4.78, 5) is 8.88. The standard InChI is InChI=1S/C20H16N4O/c21-11-15-5-7-16(8-6-15)13-25-10-9-24-14-23-19-12-22-18-4-2-1-3-17(18)20(19)24/h1-8,12,14H,9-10,13H2. The quantitative estimate of drug-likeness (QED) is 0.524. The van der Waals surface area contributed by atoms with Crippen molar-refractivity contribution in [1.82, 2.24) is 14.5 Å². The number of para-hydroxylation sites is 1. The van der Waals surface area contributed by atoms with Gasteiger partial charge in [0.05, 0.1) is 48.4 Å². The van der Waals surface area contributed by atoms with E-state index in [2.05, 4.69) is 26.7 Å². The second-order valence-corrected chi connectivity index (χ2v) is 5.81. The first-order chi connectivity index (χ1) is 12.3. The molecule has 0 amide bonds. The van der Waals surface area contributed by atoms with E-state index in [1.807, 2.05) is 42.9 Å². The van der Waals surface area contributed by atoms with Gasteiger partial charge in [-0.1, -0.05) is 30.3 Å².